The van der Waals surface area contributed by atoms with Gasteiger partial charge in [-0.15, -0.1) is 0 Å². The van der Waals surface area contributed by atoms with Crippen LogP contribution in [-0.2, 0) is 5.75 Å². The standard InChI is InChI=1S/C18H17N5OS/c1-12-4-2-5-13(10-12)22-16(24)15-6-3-8-20-17(15)25-11-14-7-9-21-18(19)23-14/h2-10H,11H2,1H3,(H,22,24)(H2,19,21,23). The topological polar surface area (TPSA) is 93.8 Å². The molecule has 0 saturated carbocycles. The molecule has 126 valence electrons. The highest BCUT2D eigenvalue weighted by Crippen LogP contribution is 2.24. The second-order valence-corrected chi connectivity index (χ2v) is 6.34. The highest BCUT2D eigenvalue weighted by molar-refractivity contribution is 7.98. The van der Waals surface area contributed by atoms with Crippen molar-refractivity contribution >= 4 is 29.3 Å². The molecule has 0 aliphatic rings. The minimum atomic E-state index is -0.191. The number of nitrogens with zero attached hydrogens (tertiary/aromatic N) is 3. The summed E-state index contributed by atoms with van der Waals surface area (Å²) in [5.41, 5.74) is 8.74. The minimum Gasteiger partial charge on any atom is -0.368 e. The summed E-state index contributed by atoms with van der Waals surface area (Å²) < 4.78 is 0. The molecular weight excluding hydrogens is 334 g/mol. The Hall–Kier alpha value is -2.93. The number of hydrogen-bond acceptors (Lipinski definition) is 6. The number of benzene rings is 1. The van der Waals surface area contributed by atoms with E-state index in [1.165, 1.54) is 11.8 Å². The van der Waals surface area contributed by atoms with E-state index in [0.717, 1.165) is 16.9 Å². The molecule has 0 bridgehead atoms. The Bertz CT molecular complexity index is 900. The fraction of sp³-hybridized carbons (Fsp3) is 0.111. The van der Waals surface area contributed by atoms with Gasteiger partial charge >= 0.3 is 0 Å². The van der Waals surface area contributed by atoms with Crippen LogP contribution in [-0.4, -0.2) is 20.9 Å². The predicted molar refractivity (Wildman–Crippen MR) is 99.4 cm³/mol. The molecule has 7 heteroatoms. The summed E-state index contributed by atoms with van der Waals surface area (Å²) in [6.45, 7) is 1.98. The quantitative estimate of drug-likeness (QED) is 0.685. The molecule has 0 spiro atoms. The second-order valence-electron chi connectivity index (χ2n) is 5.37. The lowest BCUT2D eigenvalue weighted by Gasteiger charge is -2.09. The van der Waals surface area contributed by atoms with Crippen molar-refractivity contribution in [1.82, 2.24) is 15.0 Å². The number of nitrogens with one attached hydrogen (secondary N) is 1. The monoisotopic (exact) mass is 351 g/mol. The average Bonchev–Trinajstić information content (AvgIpc) is 2.60. The van der Waals surface area contributed by atoms with Gasteiger partial charge < -0.3 is 11.1 Å². The average molecular weight is 351 g/mol. The summed E-state index contributed by atoms with van der Waals surface area (Å²) in [5.74, 6) is 0.592. The predicted octanol–water partition coefficient (Wildman–Crippen LogP) is 3.31. The molecule has 3 aromatic rings. The largest absolute Gasteiger partial charge is 0.368 e. The third-order valence-corrected chi connectivity index (χ3v) is 4.42. The van der Waals surface area contributed by atoms with Crippen LogP contribution in [0.4, 0.5) is 11.6 Å². The van der Waals surface area contributed by atoms with E-state index in [1.807, 2.05) is 31.2 Å². The van der Waals surface area contributed by atoms with Gasteiger partial charge in [0.1, 0.15) is 5.03 Å². The number of amides is 1. The van der Waals surface area contributed by atoms with E-state index in [0.29, 0.717) is 16.3 Å². The van der Waals surface area contributed by atoms with Crippen molar-refractivity contribution in [1.29, 1.82) is 0 Å². The molecule has 2 aromatic heterocycles. The number of rotatable bonds is 5. The molecule has 3 N–H and O–H groups in total. The molecule has 6 nitrogen and oxygen atoms in total. The zero-order valence-electron chi connectivity index (χ0n) is 13.6. The van der Waals surface area contributed by atoms with Crippen LogP contribution in [0.5, 0.6) is 0 Å². The third kappa shape index (κ3) is 4.54. The number of pyridine rings is 1. The Morgan fingerprint density at radius 1 is 1.16 bits per heavy atom. The highest BCUT2D eigenvalue weighted by atomic mass is 32.2. The van der Waals surface area contributed by atoms with Crippen LogP contribution in [0.2, 0.25) is 0 Å². The van der Waals surface area contributed by atoms with Gasteiger partial charge in [0.25, 0.3) is 5.91 Å². The molecule has 2 heterocycles. The van der Waals surface area contributed by atoms with Crippen molar-refractivity contribution in [3.63, 3.8) is 0 Å². The molecule has 0 saturated heterocycles. The number of hydrogen-bond donors (Lipinski definition) is 2. The van der Waals surface area contributed by atoms with Crippen LogP contribution in [0.15, 0.2) is 59.9 Å². The molecule has 0 radical (unpaired) electrons. The molecule has 0 aliphatic carbocycles. The van der Waals surface area contributed by atoms with E-state index in [9.17, 15) is 4.79 Å². The van der Waals surface area contributed by atoms with Gasteiger partial charge in [0.15, 0.2) is 0 Å². The van der Waals surface area contributed by atoms with Crippen molar-refractivity contribution in [3.05, 3.63) is 71.7 Å². The van der Waals surface area contributed by atoms with Gasteiger partial charge in [-0.3, -0.25) is 4.79 Å². The van der Waals surface area contributed by atoms with E-state index in [1.54, 1.807) is 30.6 Å². The third-order valence-electron chi connectivity index (χ3n) is 3.38. The van der Waals surface area contributed by atoms with Gasteiger partial charge in [-0.25, -0.2) is 15.0 Å². The smallest absolute Gasteiger partial charge is 0.258 e. The van der Waals surface area contributed by atoms with Crippen molar-refractivity contribution in [2.24, 2.45) is 0 Å². The molecule has 0 unspecified atom stereocenters. The minimum absolute atomic E-state index is 0.191. The Morgan fingerprint density at radius 2 is 2.04 bits per heavy atom. The lowest BCUT2D eigenvalue weighted by atomic mass is 10.2. The van der Waals surface area contributed by atoms with Gasteiger partial charge in [-0.05, 0) is 42.8 Å². The number of carbonyl (C=O) groups is 1. The summed E-state index contributed by atoms with van der Waals surface area (Å²) in [5, 5.41) is 3.55. The molecular formula is C18H17N5OS. The van der Waals surface area contributed by atoms with E-state index < -0.39 is 0 Å². The molecule has 3 rings (SSSR count). The number of carbonyl (C=O) groups excluding carboxylic acids is 1. The lowest BCUT2D eigenvalue weighted by Crippen LogP contribution is -2.13. The fourth-order valence-corrected chi connectivity index (χ4v) is 3.13. The van der Waals surface area contributed by atoms with E-state index in [4.69, 9.17) is 5.73 Å². The normalized spacial score (nSPS) is 10.4. The first-order chi connectivity index (χ1) is 12.1. The van der Waals surface area contributed by atoms with Gasteiger partial charge in [-0.2, -0.15) is 0 Å². The van der Waals surface area contributed by atoms with E-state index in [2.05, 4.69) is 20.3 Å². The maximum absolute atomic E-state index is 12.6. The maximum atomic E-state index is 12.6. The molecule has 0 aliphatic heterocycles. The van der Waals surface area contributed by atoms with Gasteiger partial charge in [-0.1, -0.05) is 23.9 Å². The summed E-state index contributed by atoms with van der Waals surface area (Å²) in [6.07, 6.45) is 3.28. The molecule has 0 atom stereocenters. The molecule has 25 heavy (non-hydrogen) atoms. The van der Waals surface area contributed by atoms with Crippen LogP contribution < -0.4 is 11.1 Å². The summed E-state index contributed by atoms with van der Waals surface area (Å²) >= 11 is 1.43. The first kappa shape index (κ1) is 16.9. The Labute approximate surface area is 149 Å². The van der Waals surface area contributed by atoms with Crippen LogP contribution >= 0.6 is 11.8 Å². The highest BCUT2D eigenvalue weighted by Gasteiger charge is 2.13. The van der Waals surface area contributed by atoms with Crippen molar-refractivity contribution in [2.75, 3.05) is 11.1 Å². The number of aryl methyl sites for hydroxylation is 1. The first-order valence-electron chi connectivity index (χ1n) is 7.65. The van der Waals surface area contributed by atoms with Crippen LogP contribution in [0, 0.1) is 6.92 Å². The zero-order valence-corrected chi connectivity index (χ0v) is 14.5. The fourth-order valence-electron chi connectivity index (χ4n) is 2.24. The Morgan fingerprint density at radius 3 is 2.84 bits per heavy atom. The van der Waals surface area contributed by atoms with Gasteiger partial charge in [0.2, 0.25) is 5.95 Å². The Balaban J connectivity index is 1.75. The van der Waals surface area contributed by atoms with Crippen molar-refractivity contribution in [2.45, 2.75) is 17.7 Å². The Kier molecular flexibility index (Phi) is 5.25. The van der Waals surface area contributed by atoms with Crippen LogP contribution in [0.25, 0.3) is 0 Å². The summed E-state index contributed by atoms with van der Waals surface area (Å²) in [6, 6.07) is 13.0. The van der Waals surface area contributed by atoms with Gasteiger partial charge in [0, 0.05) is 23.8 Å². The summed E-state index contributed by atoms with van der Waals surface area (Å²) in [4.78, 5) is 25.0. The molecule has 0 fully saturated rings. The number of nitrogens with two attached hydrogens (primary N) is 1. The van der Waals surface area contributed by atoms with Crippen LogP contribution in [0.3, 0.4) is 0 Å². The van der Waals surface area contributed by atoms with Crippen molar-refractivity contribution in [3.8, 4) is 0 Å². The number of nitrogen functional groups attached to an aromatic ring is 1. The molecule has 1 aromatic carbocycles. The maximum Gasteiger partial charge on any atom is 0.258 e. The molecule has 1 amide bonds. The van der Waals surface area contributed by atoms with Crippen LogP contribution in [0.1, 0.15) is 21.6 Å². The van der Waals surface area contributed by atoms with E-state index >= 15 is 0 Å². The van der Waals surface area contributed by atoms with E-state index in [-0.39, 0.29) is 11.9 Å². The zero-order chi connectivity index (χ0) is 17.6. The van der Waals surface area contributed by atoms with Gasteiger partial charge in [0.05, 0.1) is 11.3 Å². The SMILES string of the molecule is Cc1cccc(NC(=O)c2cccnc2SCc2ccnc(N)n2)c1. The number of anilines is 2. The summed E-state index contributed by atoms with van der Waals surface area (Å²) in [7, 11) is 0. The number of thioether (sulfide) groups is 1. The number of aromatic nitrogens is 3. The first-order valence-corrected chi connectivity index (χ1v) is 8.63. The second kappa shape index (κ2) is 7.76. The lowest BCUT2D eigenvalue weighted by molar-refractivity contribution is 0.102. The van der Waals surface area contributed by atoms with Crippen molar-refractivity contribution < 1.29 is 4.79 Å².